The van der Waals surface area contributed by atoms with Crippen molar-refractivity contribution in [2.45, 2.75) is 52.1 Å². The normalized spacial score (nSPS) is 20.1. The average Bonchev–Trinajstić information content (AvgIpc) is 2.37. The number of carbonyl (C=O) groups excluding carboxylic acids is 1. The number of piperidine rings is 1. The molecule has 0 aliphatic carbocycles. The Labute approximate surface area is 111 Å². The highest BCUT2D eigenvalue weighted by molar-refractivity contribution is 5.81. The third-order valence-corrected chi connectivity index (χ3v) is 3.89. The fraction of sp³-hybridized carbons (Fsp3) is 0.929. The van der Waals surface area contributed by atoms with Crippen LogP contribution in [0.3, 0.4) is 0 Å². The first kappa shape index (κ1) is 15.4. The van der Waals surface area contributed by atoms with Gasteiger partial charge in [0.15, 0.2) is 0 Å². The predicted octanol–water partition coefficient (Wildman–Crippen LogP) is 1.22. The van der Waals surface area contributed by atoms with E-state index in [9.17, 15) is 4.79 Å². The van der Waals surface area contributed by atoms with Crippen molar-refractivity contribution in [3.05, 3.63) is 0 Å². The van der Waals surface area contributed by atoms with Crippen LogP contribution in [0.4, 0.5) is 0 Å². The molecular formula is C14H29N3O. The Balaban J connectivity index is 2.26. The maximum Gasteiger partial charge on any atom is 0.237 e. The lowest BCUT2D eigenvalue weighted by Gasteiger charge is -2.35. The Hall–Kier alpha value is -0.610. The Morgan fingerprint density at radius 1 is 1.28 bits per heavy atom. The molecule has 4 nitrogen and oxygen atoms in total. The first-order valence-corrected chi connectivity index (χ1v) is 7.23. The summed E-state index contributed by atoms with van der Waals surface area (Å²) in [7, 11) is 2.02. The van der Waals surface area contributed by atoms with Crippen LogP contribution < -0.4 is 10.6 Å². The van der Waals surface area contributed by atoms with Crippen molar-refractivity contribution >= 4 is 5.91 Å². The van der Waals surface area contributed by atoms with Gasteiger partial charge in [-0.3, -0.25) is 9.69 Å². The lowest BCUT2D eigenvalue weighted by atomic mass is 10.0. The molecule has 18 heavy (non-hydrogen) atoms. The van der Waals surface area contributed by atoms with Crippen LogP contribution in [0.25, 0.3) is 0 Å². The van der Waals surface area contributed by atoms with Crippen molar-refractivity contribution in [2.24, 2.45) is 5.92 Å². The van der Waals surface area contributed by atoms with E-state index in [1.54, 1.807) is 0 Å². The molecular weight excluding hydrogens is 226 g/mol. The summed E-state index contributed by atoms with van der Waals surface area (Å²) in [5.41, 5.74) is 0. The van der Waals surface area contributed by atoms with Crippen LogP contribution in [0.15, 0.2) is 0 Å². The van der Waals surface area contributed by atoms with Gasteiger partial charge in [0.25, 0.3) is 0 Å². The first-order valence-electron chi connectivity index (χ1n) is 7.23. The highest BCUT2D eigenvalue weighted by Crippen LogP contribution is 2.13. The molecule has 1 amide bonds. The van der Waals surface area contributed by atoms with Crippen molar-refractivity contribution in [3.63, 3.8) is 0 Å². The summed E-state index contributed by atoms with van der Waals surface area (Å²) in [6.45, 7) is 9.21. The molecule has 0 aromatic heterocycles. The summed E-state index contributed by atoms with van der Waals surface area (Å²) >= 11 is 0. The highest BCUT2D eigenvalue weighted by Gasteiger charge is 2.25. The number of carbonyl (C=O) groups is 1. The number of nitrogens with one attached hydrogen (secondary N) is 2. The van der Waals surface area contributed by atoms with Crippen molar-refractivity contribution in [1.29, 1.82) is 0 Å². The monoisotopic (exact) mass is 255 g/mol. The molecule has 0 radical (unpaired) electrons. The topological polar surface area (TPSA) is 44.4 Å². The minimum atomic E-state index is 0.00923. The summed E-state index contributed by atoms with van der Waals surface area (Å²) in [5, 5.41) is 6.35. The molecule has 1 fully saturated rings. The lowest BCUT2D eigenvalue weighted by molar-refractivity contribution is -0.126. The van der Waals surface area contributed by atoms with Crippen molar-refractivity contribution in [3.8, 4) is 0 Å². The molecule has 1 atom stereocenters. The van der Waals surface area contributed by atoms with E-state index in [0.29, 0.717) is 12.0 Å². The molecule has 1 heterocycles. The fourth-order valence-corrected chi connectivity index (χ4v) is 2.37. The summed E-state index contributed by atoms with van der Waals surface area (Å²) in [6.07, 6.45) is 3.33. The number of amides is 1. The molecule has 1 aliphatic heterocycles. The van der Waals surface area contributed by atoms with Crippen molar-refractivity contribution in [2.75, 3.05) is 26.7 Å². The van der Waals surface area contributed by atoms with Gasteiger partial charge in [0, 0.05) is 25.7 Å². The zero-order valence-corrected chi connectivity index (χ0v) is 12.3. The molecule has 1 saturated heterocycles. The van der Waals surface area contributed by atoms with Crippen LogP contribution in [-0.4, -0.2) is 49.6 Å². The molecule has 0 bridgehead atoms. The van der Waals surface area contributed by atoms with E-state index in [1.807, 2.05) is 14.0 Å². The standard InChI is InChI=1S/C14H29N3O/c1-11(2)5-8-16-14(18)12(3)17-9-6-13(15-4)7-10-17/h11-13,15H,5-10H2,1-4H3,(H,16,18). The summed E-state index contributed by atoms with van der Waals surface area (Å²) in [6, 6.07) is 0.632. The second-order valence-electron chi connectivity index (χ2n) is 5.75. The zero-order valence-electron chi connectivity index (χ0n) is 12.3. The Bertz CT molecular complexity index is 247. The summed E-state index contributed by atoms with van der Waals surface area (Å²) in [4.78, 5) is 14.3. The first-order chi connectivity index (χ1) is 8.54. The Morgan fingerprint density at radius 2 is 1.89 bits per heavy atom. The molecule has 4 heteroatoms. The minimum Gasteiger partial charge on any atom is -0.355 e. The molecule has 1 aliphatic rings. The number of rotatable bonds is 6. The Kier molecular flexibility index (Phi) is 6.65. The highest BCUT2D eigenvalue weighted by atomic mass is 16.2. The third-order valence-electron chi connectivity index (χ3n) is 3.89. The smallest absolute Gasteiger partial charge is 0.237 e. The molecule has 106 valence electrons. The number of likely N-dealkylation sites (tertiary alicyclic amines) is 1. The van der Waals surface area contributed by atoms with Crippen LogP contribution >= 0.6 is 0 Å². The molecule has 1 rings (SSSR count). The van der Waals surface area contributed by atoms with E-state index in [4.69, 9.17) is 0 Å². The van der Waals surface area contributed by atoms with Gasteiger partial charge in [-0.15, -0.1) is 0 Å². The van der Waals surface area contributed by atoms with E-state index in [-0.39, 0.29) is 11.9 Å². The van der Waals surface area contributed by atoms with Gasteiger partial charge in [-0.05, 0) is 39.2 Å². The van der Waals surface area contributed by atoms with E-state index in [2.05, 4.69) is 29.4 Å². The van der Waals surface area contributed by atoms with Crippen LogP contribution in [0.2, 0.25) is 0 Å². The minimum absolute atomic E-state index is 0.00923. The molecule has 2 N–H and O–H groups in total. The lowest BCUT2D eigenvalue weighted by Crippen LogP contribution is -2.50. The van der Waals surface area contributed by atoms with Gasteiger partial charge in [0.1, 0.15) is 0 Å². The summed E-state index contributed by atoms with van der Waals surface area (Å²) in [5.74, 6) is 0.825. The average molecular weight is 255 g/mol. The fourth-order valence-electron chi connectivity index (χ4n) is 2.37. The quantitative estimate of drug-likeness (QED) is 0.750. The summed E-state index contributed by atoms with van der Waals surface area (Å²) < 4.78 is 0. The number of hydrogen-bond donors (Lipinski definition) is 2. The third kappa shape index (κ3) is 4.94. The maximum absolute atomic E-state index is 12.0. The van der Waals surface area contributed by atoms with Gasteiger partial charge in [-0.2, -0.15) is 0 Å². The van der Waals surface area contributed by atoms with E-state index in [1.165, 1.54) is 0 Å². The van der Waals surface area contributed by atoms with Crippen LogP contribution in [0, 0.1) is 5.92 Å². The van der Waals surface area contributed by atoms with E-state index >= 15 is 0 Å². The molecule has 1 unspecified atom stereocenters. The molecule has 0 spiro atoms. The SMILES string of the molecule is CNC1CCN(C(C)C(=O)NCCC(C)C)CC1. The maximum atomic E-state index is 12.0. The zero-order chi connectivity index (χ0) is 13.5. The second kappa shape index (κ2) is 7.74. The van der Waals surface area contributed by atoms with Crippen LogP contribution in [-0.2, 0) is 4.79 Å². The Morgan fingerprint density at radius 3 is 2.39 bits per heavy atom. The van der Waals surface area contributed by atoms with E-state index < -0.39 is 0 Å². The van der Waals surface area contributed by atoms with E-state index in [0.717, 1.165) is 38.9 Å². The number of nitrogens with zero attached hydrogens (tertiary/aromatic N) is 1. The van der Waals surface area contributed by atoms with Gasteiger partial charge in [0.05, 0.1) is 6.04 Å². The van der Waals surface area contributed by atoms with Gasteiger partial charge in [0.2, 0.25) is 5.91 Å². The largest absolute Gasteiger partial charge is 0.355 e. The second-order valence-corrected chi connectivity index (χ2v) is 5.75. The predicted molar refractivity (Wildman–Crippen MR) is 75.6 cm³/mol. The van der Waals surface area contributed by atoms with Crippen molar-refractivity contribution < 1.29 is 4.79 Å². The van der Waals surface area contributed by atoms with Gasteiger partial charge >= 0.3 is 0 Å². The van der Waals surface area contributed by atoms with Crippen LogP contribution in [0.1, 0.15) is 40.0 Å². The molecule has 0 saturated carbocycles. The number of hydrogen-bond acceptors (Lipinski definition) is 3. The van der Waals surface area contributed by atoms with Crippen LogP contribution in [0.5, 0.6) is 0 Å². The van der Waals surface area contributed by atoms with Gasteiger partial charge < -0.3 is 10.6 Å². The van der Waals surface area contributed by atoms with Gasteiger partial charge in [-0.1, -0.05) is 13.8 Å². The van der Waals surface area contributed by atoms with Crippen molar-refractivity contribution in [1.82, 2.24) is 15.5 Å². The molecule has 0 aromatic carbocycles. The van der Waals surface area contributed by atoms with Gasteiger partial charge in [-0.25, -0.2) is 0 Å². The molecule has 0 aromatic rings.